The summed E-state index contributed by atoms with van der Waals surface area (Å²) < 4.78 is 0. The van der Waals surface area contributed by atoms with Gasteiger partial charge in [0.2, 0.25) is 0 Å². The summed E-state index contributed by atoms with van der Waals surface area (Å²) in [5, 5.41) is 13.0. The van der Waals surface area contributed by atoms with E-state index in [4.69, 9.17) is 16.9 Å². The molecule has 3 heteroatoms. The Morgan fingerprint density at radius 3 is 2.18 bits per heavy atom. The topological polar surface area (TPSA) is 35.8 Å². The second-order valence-electron chi connectivity index (χ2n) is 5.48. The summed E-state index contributed by atoms with van der Waals surface area (Å²) in [6, 6.07) is 10.1. The van der Waals surface area contributed by atoms with Gasteiger partial charge >= 0.3 is 0 Å². The van der Waals surface area contributed by atoms with Crippen LogP contribution in [0.2, 0.25) is 5.02 Å². The van der Waals surface area contributed by atoms with E-state index in [9.17, 15) is 0 Å². The number of nitrogens with zero attached hydrogens (tertiary/aromatic N) is 1. The standard InChI is InChI=1S/C14H19ClN2/c1-13(2,10-17-14(3,4)9-16)11-5-7-12(15)8-6-11/h5-8,17H,10H2,1-4H3. The highest BCUT2D eigenvalue weighted by molar-refractivity contribution is 6.30. The Balaban J connectivity index is 2.76. The van der Waals surface area contributed by atoms with Crippen LogP contribution < -0.4 is 5.32 Å². The lowest BCUT2D eigenvalue weighted by atomic mass is 9.84. The Hall–Kier alpha value is -1.04. The van der Waals surface area contributed by atoms with Crippen molar-refractivity contribution in [3.63, 3.8) is 0 Å². The highest BCUT2D eigenvalue weighted by Crippen LogP contribution is 2.24. The molecule has 0 aliphatic rings. The lowest BCUT2D eigenvalue weighted by Crippen LogP contribution is -2.44. The molecule has 0 spiro atoms. The predicted octanol–water partition coefficient (Wildman–Crippen LogP) is 3.51. The van der Waals surface area contributed by atoms with Gasteiger partial charge in [-0.3, -0.25) is 5.32 Å². The predicted molar refractivity (Wildman–Crippen MR) is 72.2 cm³/mol. The van der Waals surface area contributed by atoms with Crippen LogP contribution in [0.5, 0.6) is 0 Å². The van der Waals surface area contributed by atoms with Gasteiger partial charge in [0.1, 0.15) is 5.54 Å². The Labute approximate surface area is 109 Å². The van der Waals surface area contributed by atoms with Crippen molar-refractivity contribution in [2.75, 3.05) is 6.54 Å². The van der Waals surface area contributed by atoms with Gasteiger partial charge in [-0.15, -0.1) is 0 Å². The van der Waals surface area contributed by atoms with Crippen molar-refractivity contribution in [3.8, 4) is 6.07 Å². The first-order valence-corrected chi connectivity index (χ1v) is 6.07. The normalized spacial score (nSPS) is 12.2. The molecule has 0 saturated heterocycles. The molecule has 0 heterocycles. The van der Waals surface area contributed by atoms with E-state index in [2.05, 4.69) is 25.2 Å². The van der Waals surface area contributed by atoms with E-state index >= 15 is 0 Å². The molecule has 0 fully saturated rings. The summed E-state index contributed by atoms with van der Waals surface area (Å²) in [7, 11) is 0. The number of benzene rings is 1. The van der Waals surface area contributed by atoms with E-state index < -0.39 is 5.54 Å². The van der Waals surface area contributed by atoms with E-state index in [0.29, 0.717) is 0 Å². The van der Waals surface area contributed by atoms with Crippen molar-refractivity contribution in [2.45, 2.75) is 38.6 Å². The average Bonchev–Trinajstić information content (AvgIpc) is 2.27. The molecule has 0 radical (unpaired) electrons. The maximum atomic E-state index is 8.97. The molecule has 1 rings (SSSR count). The van der Waals surface area contributed by atoms with Gasteiger partial charge < -0.3 is 0 Å². The van der Waals surface area contributed by atoms with Crippen molar-refractivity contribution in [3.05, 3.63) is 34.9 Å². The number of rotatable bonds is 4. The maximum Gasteiger partial charge on any atom is 0.101 e. The highest BCUT2D eigenvalue weighted by atomic mass is 35.5. The fraction of sp³-hybridized carbons (Fsp3) is 0.500. The van der Waals surface area contributed by atoms with Gasteiger partial charge in [-0.25, -0.2) is 0 Å². The molecular weight excluding hydrogens is 232 g/mol. The molecule has 1 aromatic carbocycles. The van der Waals surface area contributed by atoms with E-state index in [0.717, 1.165) is 11.6 Å². The van der Waals surface area contributed by atoms with Crippen LogP contribution in [0.15, 0.2) is 24.3 Å². The van der Waals surface area contributed by atoms with Crippen LogP contribution in [0.4, 0.5) is 0 Å². The van der Waals surface area contributed by atoms with Gasteiger partial charge in [0.05, 0.1) is 6.07 Å². The first-order chi connectivity index (χ1) is 7.77. The second-order valence-corrected chi connectivity index (χ2v) is 5.92. The van der Waals surface area contributed by atoms with Crippen molar-refractivity contribution >= 4 is 11.6 Å². The molecule has 1 N–H and O–H groups in total. The minimum absolute atomic E-state index is 0.0291. The minimum Gasteiger partial charge on any atom is -0.299 e. The lowest BCUT2D eigenvalue weighted by molar-refractivity contribution is 0.397. The minimum atomic E-state index is -0.496. The zero-order valence-corrected chi connectivity index (χ0v) is 11.6. The summed E-state index contributed by atoms with van der Waals surface area (Å²) in [6.45, 7) is 8.80. The third-order valence-corrected chi connectivity index (χ3v) is 3.13. The zero-order chi connectivity index (χ0) is 13.1. The van der Waals surface area contributed by atoms with E-state index in [1.807, 2.05) is 38.1 Å². The van der Waals surface area contributed by atoms with Crippen molar-refractivity contribution in [1.82, 2.24) is 5.32 Å². The molecule has 0 amide bonds. The number of hydrogen-bond acceptors (Lipinski definition) is 2. The molecule has 0 aliphatic carbocycles. The Bertz CT molecular complexity index is 413. The van der Waals surface area contributed by atoms with Crippen molar-refractivity contribution in [1.29, 1.82) is 5.26 Å². The summed E-state index contributed by atoms with van der Waals surface area (Å²) in [4.78, 5) is 0. The number of hydrogen-bond donors (Lipinski definition) is 1. The van der Waals surface area contributed by atoms with E-state index in [1.54, 1.807) is 0 Å². The largest absolute Gasteiger partial charge is 0.299 e. The molecule has 0 bridgehead atoms. The van der Waals surface area contributed by atoms with E-state index in [1.165, 1.54) is 5.56 Å². The molecule has 2 nitrogen and oxygen atoms in total. The number of halogens is 1. The van der Waals surface area contributed by atoms with Crippen LogP contribution in [0.3, 0.4) is 0 Å². The second kappa shape index (κ2) is 5.08. The van der Waals surface area contributed by atoms with Gasteiger partial charge in [0, 0.05) is 17.0 Å². The molecule has 17 heavy (non-hydrogen) atoms. The summed E-state index contributed by atoms with van der Waals surface area (Å²) >= 11 is 5.88. The van der Waals surface area contributed by atoms with Gasteiger partial charge in [-0.2, -0.15) is 5.26 Å². The first-order valence-electron chi connectivity index (χ1n) is 5.69. The molecule has 1 aromatic rings. The van der Waals surface area contributed by atoms with E-state index in [-0.39, 0.29) is 5.41 Å². The quantitative estimate of drug-likeness (QED) is 0.888. The molecule has 0 aromatic heterocycles. The first kappa shape index (κ1) is 14.0. The van der Waals surface area contributed by atoms with Gasteiger partial charge in [-0.1, -0.05) is 37.6 Å². The molecule has 92 valence electrons. The Morgan fingerprint density at radius 2 is 1.71 bits per heavy atom. The summed E-state index contributed by atoms with van der Waals surface area (Å²) in [5.74, 6) is 0. The molecule has 0 aliphatic heterocycles. The van der Waals surface area contributed by atoms with Crippen LogP contribution in [0, 0.1) is 11.3 Å². The van der Waals surface area contributed by atoms with Crippen molar-refractivity contribution in [2.24, 2.45) is 0 Å². The Morgan fingerprint density at radius 1 is 1.18 bits per heavy atom. The Kier molecular flexibility index (Phi) is 4.19. The van der Waals surface area contributed by atoms with Crippen molar-refractivity contribution < 1.29 is 0 Å². The highest BCUT2D eigenvalue weighted by Gasteiger charge is 2.24. The lowest BCUT2D eigenvalue weighted by Gasteiger charge is -2.29. The molecule has 0 unspecified atom stereocenters. The van der Waals surface area contributed by atoms with Gasteiger partial charge in [-0.05, 0) is 31.5 Å². The number of nitriles is 1. The van der Waals surface area contributed by atoms with Gasteiger partial charge in [0.25, 0.3) is 0 Å². The van der Waals surface area contributed by atoms with Crippen LogP contribution in [-0.2, 0) is 5.41 Å². The fourth-order valence-corrected chi connectivity index (χ4v) is 1.61. The summed E-state index contributed by atoms with van der Waals surface area (Å²) in [6.07, 6.45) is 0. The number of nitrogens with one attached hydrogen (secondary N) is 1. The third-order valence-electron chi connectivity index (χ3n) is 2.88. The molecular formula is C14H19ClN2. The molecule has 0 atom stereocenters. The fourth-order valence-electron chi connectivity index (χ4n) is 1.48. The SMILES string of the molecule is CC(C)(C#N)NCC(C)(C)c1ccc(Cl)cc1. The van der Waals surface area contributed by atoms with Gasteiger partial charge in [0.15, 0.2) is 0 Å². The molecule has 0 saturated carbocycles. The van der Waals surface area contributed by atoms with Crippen LogP contribution in [0.25, 0.3) is 0 Å². The summed E-state index contributed by atoms with van der Waals surface area (Å²) in [5.41, 5.74) is 0.686. The average molecular weight is 251 g/mol. The van der Waals surface area contributed by atoms with Crippen LogP contribution in [-0.4, -0.2) is 12.1 Å². The monoisotopic (exact) mass is 250 g/mol. The van der Waals surface area contributed by atoms with Crippen LogP contribution >= 0.6 is 11.6 Å². The third kappa shape index (κ3) is 4.03. The maximum absolute atomic E-state index is 8.97. The smallest absolute Gasteiger partial charge is 0.101 e. The zero-order valence-electron chi connectivity index (χ0n) is 10.8. The van der Waals surface area contributed by atoms with Crippen LogP contribution in [0.1, 0.15) is 33.3 Å².